The van der Waals surface area contributed by atoms with Crippen LogP contribution in [0.4, 0.5) is 0 Å². The number of aromatic hydroxyl groups is 1. The van der Waals surface area contributed by atoms with Crippen molar-refractivity contribution >= 4 is 0 Å². The second kappa shape index (κ2) is 3.26. The second-order valence-corrected chi connectivity index (χ2v) is 3.18. The molecule has 0 spiro atoms. The highest BCUT2D eigenvalue weighted by Gasteiger charge is 2.15. The molecule has 13 heavy (non-hydrogen) atoms. The van der Waals surface area contributed by atoms with E-state index in [0.717, 1.165) is 25.1 Å². The Bertz CT molecular complexity index is 323. The Kier molecular flexibility index (Phi) is 2.10. The molecule has 0 bridgehead atoms. The molecule has 70 valence electrons. The number of fused-ring (bicyclic) bond motifs is 1. The number of phenolic OH excluding ortho intramolecular Hbond substituents is 1. The Balaban J connectivity index is 2.48. The smallest absolute Gasteiger partial charge is 0.162 e. The van der Waals surface area contributed by atoms with Gasteiger partial charge < -0.3 is 15.2 Å². The van der Waals surface area contributed by atoms with E-state index < -0.39 is 0 Å². The van der Waals surface area contributed by atoms with Crippen molar-refractivity contribution in [3.8, 4) is 11.5 Å². The highest BCUT2D eigenvalue weighted by Crippen LogP contribution is 2.33. The first-order valence-electron chi connectivity index (χ1n) is 4.41. The van der Waals surface area contributed by atoms with Crippen molar-refractivity contribution < 1.29 is 9.84 Å². The molecule has 0 aliphatic carbocycles. The van der Waals surface area contributed by atoms with Crippen LogP contribution < -0.4 is 10.1 Å². The van der Waals surface area contributed by atoms with E-state index in [9.17, 15) is 5.11 Å². The van der Waals surface area contributed by atoms with Crippen LogP contribution in [-0.4, -0.2) is 18.8 Å². The molecule has 0 radical (unpaired) electrons. The molecule has 3 nitrogen and oxygen atoms in total. The Labute approximate surface area is 77.3 Å². The van der Waals surface area contributed by atoms with E-state index >= 15 is 0 Å². The standard InChI is InChI=1S/C10H13NO2/c1-13-9-3-2-7-4-5-11-6-8(7)10(9)12/h2-3,11-12H,4-6H2,1H3. The van der Waals surface area contributed by atoms with Crippen molar-refractivity contribution in [2.24, 2.45) is 0 Å². The van der Waals surface area contributed by atoms with Gasteiger partial charge in [0.05, 0.1) is 7.11 Å². The monoisotopic (exact) mass is 179 g/mol. The van der Waals surface area contributed by atoms with E-state index in [1.165, 1.54) is 5.56 Å². The van der Waals surface area contributed by atoms with Gasteiger partial charge in [-0.05, 0) is 24.6 Å². The van der Waals surface area contributed by atoms with Crippen molar-refractivity contribution in [3.63, 3.8) is 0 Å². The average Bonchev–Trinajstić information content (AvgIpc) is 2.19. The lowest BCUT2D eigenvalue weighted by atomic mass is 10.00. The summed E-state index contributed by atoms with van der Waals surface area (Å²) in [7, 11) is 1.57. The van der Waals surface area contributed by atoms with Crippen LogP contribution in [0, 0.1) is 0 Å². The molecule has 0 amide bonds. The molecule has 1 heterocycles. The molecule has 0 aromatic heterocycles. The third-order valence-corrected chi connectivity index (χ3v) is 2.44. The second-order valence-electron chi connectivity index (χ2n) is 3.18. The first kappa shape index (κ1) is 8.38. The molecule has 1 aliphatic rings. The molecule has 0 fully saturated rings. The maximum Gasteiger partial charge on any atom is 0.162 e. The topological polar surface area (TPSA) is 41.5 Å². The molecule has 0 saturated carbocycles. The van der Waals surface area contributed by atoms with Gasteiger partial charge in [0.2, 0.25) is 0 Å². The summed E-state index contributed by atoms with van der Waals surface area (Å²) in [5.74, 6) is 0.842. The molecule has 1 aromatic rings. The fourth-order valence-electron chi connectivity index (χ4n) is 1.69. The summed E-state index contributed by atoms with van der Waals surface area (Å²) in [6.07, 6.45) is 0.979. The molecule has 1 aliphatic heterocycles. The van der Waals surface area contributed by atoms with E-state index in [1.54, 1.807) is 7.11 Å². The zero-order valence-electron chi connectivity index (χ0n) is 7.63. The normalized spacial score (nSPS) is 15.2. The van der Waals surface area contributed by atoms with Gasteiger partial charge in [-0.15, -0.1) is 0 Å². The Morgan fingerprint density at radius 2 is 2.31 bits per heavy atom. The summed E-state index contributed by atoms with van der Waals surface area (Å²) >= 11 is 0. The largest absolute Gasteiger partial charge is 0.504 e. The first-order chi connectivity index (χ1) is 6.33. The summed E-state index contributed by atoms with van der Waals surface area (Å²) < 4.78 is 5.03. The number of ether oxygens (including phenoxy) is 1. The van der Waals surface area contributed by atoms with E-state index in [2.05, 4.69) is 5.32 Å². The van der Waals surface area contributed by atoms with E-state index in [0.29, 0.717) is 5.75 Å². The number of phenols is 1. The van der Waals surface area contributed by atoms with Gasteiger partial charge in [-0.1, -0.05) is 6.07 Å². The maximum absolute atomic E-state index is 9.77. The molecule has 0 saturated heterocycles. The molecular weight excluding hydrogens is 166 g/mol. The predicted octanol–water partition coefficient (Wildman–Crippen LogP) is 1.05. The zero-order chi connectivity index (χ0) is 9.26. The Morgan fingerprint density at radius 3 is 3.08 bits per heavy atom. The number of benzene rings is 1. The van der Waals surface area contributed by atoms with Crippen molar-refractivity contribution in [2.75, 3.05) is 13.7 Å². The summed E-state index contributed by atoms with van der Waals surface area (Å²) in [4.78, 5) is 0. The van der Waals surface area contributed by atoms with Crippen LogP contribution >= 0.6 is 0 Å². The number of rotatable bonds is 1. The summed E-state index contributed by atoms with van der Waals surface area (Å²) in [5, 5.41) is 13.0. The summed E-state index contributed by atoms with van der Waals surface area (Å²) in [6, 6.07) is 3.84. The minimum absolute atomic E-state index is 0.284. The van der Waals surface area contributed by atoms with Gasteiger partial charge in [-0.2, -0.15) is 0 Å². The lowest BCUT2D eigenvalue weighted by Gasteiger charge is -2.19. The molecule has 3 heteroatoms. The summed E-state index contributed by atoms with van der Waals surface area (Å²) in [6.45, 7) is 1.72. The third-order valence-electron chi connectivity index (χ3n) is 2.44. The minimum Gasteiger partial charge on any atom is -0.504 e. The fraction of sp³-hybridized carbons (Fsp3) is 0.400. The van der Waals surface area contributed by atoms with Crippen LogP contribution in [0.25, 0.3) is 0 Å². The minimum atomic E-state index is 0.284. The van der Waals surface area contributed by atoms with Gasteiger partial charge in [0.15, 0.2) is 11.5 Å². The SMILES string of the molecule is COc1ccc2c(c1O)CNCC2. The van der Waals surface area contributed by atoms with Gasteiger partial charge >= 0.3 is 0 Å². The summed E-state index contributed by atoms with van der Waals surface area (Å²) in [5.41, 5.74) is 2.20. The number of hydrogen-bond acceptors (Lipinski definition) is 3. The molecule has 0 atom stereocenters. The quantitative estimate of drug-likeness (QED) is 0.677. The van der Waals surface area contributed by atoms with Gasteiger partial charge in [0.1, 0.15) is 0 Å². The third kappa shape index (κ3) is 1.35. The van der Waals surface area contributed by atoms with Gasteiger partial charge in [0, 0.05) is 12.1 Å². The lowest BCUT2D eigenvalue weighted by Crippen LogP contribution is -2.23. The van der Waals surface area contributed by atoms with E-state index in [4.69, 9.17) is 4.74 Å². The van der Waals surface area contributed by atoms with E-state index in [1.807, 2.05) is 12.1 Å². The van der Waals surface area contributed by atoms with Gasteiger partial charge in [-0.25, -0.2) is 0 Å². The first-order valence-corrected chi connectivity index (χ1v) is 4.41. The Hall–Kier alpha value is -1.22. The molecule has 1 aromatic carbocycles. The zero-order valence-corrected chi connectivity index (χ0v) is 7.63. The van der Waals surface area contributed by atoms with Crippen LogP contribution in [0.5, 0.6) is 11.5 Å². The average molecular weight is 179 g/mol. The number of nitrogens with one attached hydrogen (secondary N) is 1. The fourth-order valence-corrected chi connectivity index (χ4v) is 1.69. The maximum atomic E-state index is 9.77. The van der Waals surface area contributed by atoms with Crippen molar-refractivity contribution in [1.82, 2.24) is 5.32 Å². The number of methoxy groups -OCH3 is 1. The number of hydrogen-bond donors (Lipinski definition) is 2. The highest BCUT2D eigenvalue weighted by molar-refractivity contribution is 5.50. The van der Waals surface area contributed by atoms with Gasteiger partial charge in [0.25, 0.3) is 0 Å². The van der Waals surface area contributed by atoms with Gasteiger partial charge in [-0.3, -0.25) is 0 Å². The van der Waals surface area contributed by atoms with Crippen molar-refractivity contribution in [1.29, 1.82) is 0 Å². The molecule has 2 N–H and O–H groups in total. The van der Waals surface area contributed by atoms with Crippen molar-refractivity contribution in [2.45, 2.75) is 13.0 Å². The Morgan fingerprint density at radius 1 is 1.46 bits per heavy atom. The highest BCUT2D eigenvalue weighted by atomic mass is 16.5. The van der Waals surface area contributed by atoms with Crippen LogP contribution in [-0.2, 0) is 13.0 Å². The predicted molar refractivity (Wildman–Crippen MR) is 50.1 cm³/mol. The molecular formula is C10H13NO2. The van der Waals surface area contributed by atoms with Crippen LogP contribution in [0.3, 0.4) is 0 Å². The van der Waals surface area contributed by atoms with Crippen LogP contribution in [0.1, 0.15) is 11.1 Å². The van der Waals surface area contributed by atoms with Crippen LogP contribution in [0.15, 0.2) is 12.1 Å². The molecule has 2 rings (SSSR count). The van der Waals surface area contributed by atoms with Crippen LogP contribution in [0.2, 0.25) is 0 Å². The van der Waals surface area contributed by atoms with E-state index in [-0.39, 0.29) is 5.75 Å². The molecule has 0 unspecified atom stereocenters. The van der Waals surface area contributed by atoms with Crippen molar-refractivity contribution in [3.05, 3.63) is 23.3 Å². The lowest BCUT2D eigenvalue weighted by molar-refractivity contribution is 0.368.